The SMILES string of the molecule is CCN(CC)C(=O)[C@@H]1C=C2c3cccc4c3c(cn4C(=O)c3ccccc3C)C[C@H]2N(C)C1. The molecule has 2 aromatic carbocycles. The summed E-state index contributed by atoms with van der Waals surface area (Å²) in [6.45, 7) is 8.22. The van der Waals surface area contributed by atoms with Crippen LogP contribution >= 0.6 is 0 Å². The second-order valence-corrected chi connectivity index (χ2v) is 9.24. The molecule has 0 saturated carbocycles. The van der Waals surface area contributed by atoms with Gasteiger partial charge in [0.05, 0.1) is 11.4 Å². The maximum Gasteiger partial charge on any atom is 0.262 e. The average Bonchev–Trinajstić information content (AvgIpc) is 3.20. The highest BCUT2D eigenvalue weighted by Crippen LogP contribution is 2.42. The third-order valence-corrected chi connectivity index (χ3v) is 7.38. The Bertz CT molecular complexity index is 1280. The van der Waals surface area contributed by atoms with E-state index in [-0.39, 0.29) is 23.8 Å². The standard InChI is InChI=1S/C28H31N3O2/c1-5-30(6-2)27(32)20-14-23-22-12-9-13-24-26(22)19(15-25(23)29(4)16-20)17-31(24)28(33)21-11-8-7-10-18(21)3/h7-14,17,20,25H,5-6,15-16H2,1-4H3/t20-,25-/m1/s1. The summed E-state index contributed by atoms with van der Waals surface area (Å²) in [6, 6.07) is 14.2. The quantitative estimate of drug-likeness (QED) is 0.604. The maximum absolute atomic E-state index is 13.5. The molecule has 0 fully saturated rings. The van der Waals surface area contributed by atoms with Crippen LogP contribution in [0.3, 0.4) is 0 Å². The first-order chi connectivity index (χ1) is 15.9. The third kappa shape index (κ3) is 3.42. The average molecular weight is 442 g/mol. The molecule has 1 aliphatic heterocycles. The fourth-order valence-electron chi connectivity index (χ4n) is 5.59. The molecular formula is C28H31N3O2. The zero-order valence-corrected chi connectivity index (χ0v) is 19.8. The summed E-state index contributed by atoms with van der Waals surface area (Å²) >= 11 is 0. The largest absolute Gasteiger partial charge is 0.343 e. The Morgan fingerprint density at radius 2 is 1.82 bits per heavy atom. The minimum absolute atomic E-state index is 0.00305. The van der Waals surface area contributed by atoms with E-state index in [1.54, 1.807) is 0 Å². The summed E-state index contributed by atoms with van der Waals surface area (Å²) in [6.07, 6.45) is 5.07. The van der Waals surface area contributed by atoms with Crippen molar-refractivity contribution in [2.24, 2.45) is 5.92 Å². The molecule has 0 saturated heterocycles. The van der Waals surface area contributed by atoms with Crippen LogP contribution in [0.4, 0.5) is 0 Å². The number of aryl methyl sites for hydroxylation is 1. The number of rotatable bonds is 4. The maximum atomic E-state index is 13.5. The Morgan fingerprint density at radius 3 is 2.55 bits per heavy atom. The number of aromatic nitrogens is 1. The number of nitrogens with zero attached hydrogens (tertiary/aromatic N) is 3. The molecule has 1 aliphatic carbocycles. The van der Waals surface area contributed by atoms with Gasteiger partial charge in [0.15, 0.2) is 0 Å². The van der Waals surface area contributed by atoms with Crippen molar-refractivity contribution in [3.63, 3.8) is 0 Å². The van der Waals surface area contributed by atoms with E-state index < -0.39 is 0 Å². The first kappa shape index (κ1) is 21.7. The Labute approximate surface area is 195 Å². The Morgan fingerprint density at radius 1 is 1.06 bits per heavy atom. The summed E-state index contributed by atoms with van der Waals surface area (Å²) in [4.78, 5) is 30.9. The van der Waals surface area contributed by atoms with Crippen LogP contribution in [-0.2, 0) is 11.2 Å². The molecule has 3 aromatic rings. The van der Waals surface area contributed by atoms with Gasteiger partial charge in [-0.2, -0.15) is 0 Å². The molecule has 0 unspecified atom stereocenters. The highest BCUT2D eigenvalue weighted by atomic mass is 16.2. The van der Waals surface area contributed by atoms with E-state index in [9.17, 15) is 9.59 Å². The monoisotopic (exact) mass is 441 g/mol. The minimum Gasteiger partial charge on any atom is -0.343 e. The lowest BCUT2D eigenvalue weighted by Crippen LogP contribution is -2.47. The van der Waals surface area contributed by atoms with Gasteiger partial charge in [0, 0.05) is 42.8 Å². The topological polar surface area (TPSA) is 45.6 Å². The van der Waals surface area contributed by atoms with Crippen LogP contribution in [0.25, 0.3) is 16.5 Å². The fourth-order valence-corrected chi connectivity index (χ4v) is 5.59. The summed E-state index contributed by atoms with van der Waals surface area (Å²) in [5, 5.41) is 1.14. The van der Waals surface area contributed by atoms with Crippen LogP contribution in [0.1, 0.15) is 40.9 Å². The molecule has 5 heteroatoms. The smallest absolute Gasteiger partial charge is 0.262 e. The van der Waals surface area contributed by atoms with Gasteiger partial charge in [-0.15, -0.1) is 0 Å². The van der Waals surface area contributed by atoms with E-state index in [2.05, 4.69) is 24.1 Å². The van der Waals surface area contributed by atoms with Crippen molar-refractivity contribution in [3.05, 3.63) is 77.0 Å². The number of amides is 1. The lowest BCUT2D eigenvalue weighted by atomic mass is 9.79. The summed E-state index contributed by atoms with van der Waals surface area (Å²) in [5.74, 6) is 0.0556. The Balaban J connectivity index is 1.62. The van der Waals surface area contributed by atoms with E-state index in [1.165, 1.54) is 11.1 Å². The van der Waals surface area contributed by atoms with E-state index in [4.69, 9.17) is 0 Å². The molecule has 0 N–H and O–H groups in total. The molecule has 2 atom stereocenters. The zero-order chi connectivity index (χ0) is 23.3. The van der Waals surface area contributed by atoms with E-state index in [0.29, 0.717) is 0 Å². The first-order valence-electron chi connectivity index (χ1n) is 11.9. The van der Waals surface area contributed by atoms with Crippen molar-refractivity contribution in [2.75, 3.05) is 26.7 Å². The highest BCUT2D eigenvalue weighted by Gasteiger charge is 2.37. The third-order valence-electron chi connectivity index (χ3n) is 7.38. The molecule has 1 amide bonds. The predicted octanol–water partition coefficient (Wildman–Crippen LogP) is 4.38. The summed E-state index contributed by atoms with van der Waals surface area (Å²) in [7, 11) is 2.11. The molecule has 33 heavy (non-hydrogen) atoms. The normalized spacial score (nSPS) is 19.8. The number of carbonyl (C=O) groups excluding carboxylic acids is 2. The van der Waals surface area contributed by atoms with Gasteiger partial charge in [-0.3, -0.25) is 19.1 Å². The predicted molar refractivity (Wildman–Crippen MR) is 132 cm³/mol. The molecule has 1 aromatic heterocycles. The molecule has 2 aliphatic rings. The number of hydrogen-bond acceptors (Lipinski definition) is 3. The second-order valence-electron chi connectivity index (χ2n) is 9.24. The van der Waals surface area contributed by atoms with Crippen LogP contribution in [0.15, 0.2) is 54.7 Å². The van der Waals surface area contributed by atoms with Crippen LogP contribution in [-0.4, -0.2) is 58.9 Å². The van der Waals surface area contributed by atoms with Gasteiger partial charge >= 0.3 is 0 Å². The first-order valence-corrected chi connectivity index (χ1v) is 11.9. The molecule has 170 valence electrons. The molecule has 0 bridgehead atoms. The number of carbonyl (C=O) groups is 2. The lowest BCUT2D eigenvalue weighted by Gasteiger charge is -2.40. The van der Waals surface area contributed by atoms with Crippen LogP contribution in [0.2, 0.25) is 0 Å². The lowest BCUT2D eigenvalue weighted by molar-refractivity contribution is -0.134. The zero-order valence-electron chi connectivity index (χ0n) is 19.8. The van der Waals surface area contributed by atoms with Crippen molar-refractivity contribution in [1.82, 2.24) is 14.4 Å². The van der Waals surface area contributed by atoms with Gasteiger partial charge < -0.3 is 4.90 Å². The van der Waals surface area contributed by atoms with Crippen molar-refractivity contribution in [1.29, 1.82) is 0 Å². The Kier molecular flexibility index (Phi) is 5.45. The van der Waals surface area contributed by atoms with Gasteiger partial charge in [-0.25, -0.2) is 0 Å². The number of fused-ring (bicyclic) bond motifs is 2. The van der Waals surface area contributed by atoms with Gasteiger partial charge in [-0.05, 0) is 68.6 Å². The number of benzene rings is 2. The van der Waals surface area contributed by atoms with Gasteiger partial charge in [0.1, 0.15) is 0 Å². The Hall–Kier alpha value is -3.18. The molecular weight excluding hydrogens is 410 g/mol. The molecule has 5 nitrogen and oxygen atoms in total. The molecule has 0 spiro atoms. The van der Waals surface area contributed by atoms with Crippen LogP contribution in [0, 0.1) is 12.8 Å². The van der Waals surface area contributed by atoms with Gasteiger partial charge in [-0.1, -0.05) is 36.4 Å². The van der Waals surface area contributed by atoms with Crippen molar-refractivity contribution in [3.8, 4) is 0 Å². The molecule has 2 heterocycles. The van der Waals surface area contributed by atoms with E-state index in [0.717, 1.165) is 53.6 Å². The highest BCUT2D eigenvalue weighted by molar-refractivity contribution is 6.07. The van der Waals surface area contributed by atoms with Gasteiger partial charge in [0.2, 0.25) is 5.91 Å². The molecule has 0 radical (unpaired) electrons. The summed E-state index contributed by atoms with van der Waals surface area (Å²) < 4.78 is 1.81. The fraction of sp³-hybridized carbons (Fsp3) is 0.357. The van der Waals surface area contributed by atoms with E-state index >= 15 is 0 Å². The van der Waals surface area contributed by atoms with E-state index in [1.807, 2.05) is 72.8 Å². The second kappa shape index (κ2) is 8.31. The van der Waals surface area contributed by atoms with Crippen molar-refractivity contribution in [2.45, 2.75) is 33.2 Å². The molecule has 5 rings (SSSR count). The number of likely N-dealkylation sites (N-methyl/N-ethyl adjacent to an activating group) is 1. The minimum atomic E-state index is -0.145. The van der Waals surface area contributed by atoms with Crippen LogP contribution in [0.5, 0.6) is 0 Å². The van der Waals surface area contributed by atoms with Crippen molar-refractivity contribution < 1.29 is 9.59 Å². The van der Waals surface area contributed by atoms with Crippen molar-refractivity contribution >= 4 is 28.3 Å². The van der Waals surface area contributed by atoms with Crippen LogP contribution < -0.4 is 0 Å². The summed E-state index contributed by atoms with van der Waals surface area (Å²) in [5.41, 5.74) is 6.21. The number of hydrogen-bond donors (Lipinski definition) is 0. The van der Waals surface area contributed by atoms with Gasteiger partial charge in [0.25, 0.3) is 5.91 Å².